The molecule has 4 aromatic rings. The summed E-state index contributed by atoms with van der Waals surface area (Å²) in [6.07, 6.45) is 0. The summed E-state index contributed by atoms with van der Waals surface area (Å²) in [6.45, 7) is 0. The quantitative estimate of drug-likeness (QED) is 0.150. The van der Waals surface area contributed by atoms with Crippen molar-refractivity contribution in [1.82, 2.24) is 28.7 Å². The van der Waals surface area contributed by atoms with E-state index in [-0.39, 0.29) is 0 Å². The number of carbonyl (C=O) groups excluding carboxylic acids is 6. The smallest absolute Gasteiger partial charge is 0.355 e. The summed E-state index contributed by atoms with van der Waals surface area (Å²) in [5, 5.41) is 0. The molecule has 21 heteroatoms. The van der Waals surface area contributed by atoms with Crippen LogP contribution in [0, 0.1) is 0 Å². The molecule has 51 heavy (non-hydrogen) atoms. The first kappa shape index (κ1) is 36.5. The first-order valence-corrected chi connectivity index (χ1v) is 13.8. The molecular formula is C30H24N6O15. The molecule has 0 saturated heterocycles. The lowest BCUT2D eigenvalue weighted by atomic mass is 10.2. The zero-order valence-electron chi connectivity index (χ0n) is 27.3. The highest BCUT2D eigenvalue weighted by Gasteiger charge is 2.30. The van der Waals surface area contributed by atoms with Crippen LogP contribution in [0.25, 0.3) is 17.8 Å². The standard InChI is InChI=1S/C30H24N6O15/c1-46-22(40)16-7-13(37)8-17(23(41)47-2)34(16)28-31-29(35-18(24(42)48-3)9-14(38)10-19(35)25(43)49-4)33-30(32-28)36-20(26(44)50-5)11-15(39)12-21(36)27(45)51-6/h7-12H,1-6H3. The molecule has 264 valence electrons. The van der Waals surface area contributed by atoms with Crippen LogP contribution in [0.3, 0.4) is 0 Å². The average Bonchev–Trinajstić information content (AvgIpc) is 3.14. The number of nitrogens with zero attached hydrogens (tertiary/aromatic N) is 6. The third-order valence-electron chi connectivity index (χ3n) is 6.69. The number of methoxy groups -OCH3 is 6. The minimum absolute atomic E-state index is 0.657. The molecule has 0 aliphatic rings. The van der Waals surface area contributed by atoms with Crippen LogP contribution in [0.5, 0.6) is 0 Å². The Bertz CT molecular complexity index is 1930. The molecule has 0 radical (unpaired) electrons. The maximum absolute atomic E-state index is 13.0. The van der Waals surface area contributed by atoms with Gasteiger partial charge in [0.1, 0.15) is 34.2 Å². The van der Waals surface area contributed by atoms with E-state index in [1.165, 1.54) is 0 Å². The lowest BCUT2D eigenvalue weighted by Crippen LogP contribution is -2.30. The number of aromatic nitrogens is 6. The van der Waals surface area contributed by atoms with Gasteiger partial charge < -0.3 is 28.4 Å². The van der Waals surface area contributed by atoms with E-state index in [0.717, 1.165) is 79.1 Å². The van der Waals surface area contributed by atoms with Gasteiger partial charge in [0.05, 0.1) is 42.7 Å². The molecule has 0 bridgehead atoms. The van der Waals surface area contributed by atoms with Crippen molar-refractivity contribution in [2.75, 3.05) is 42.7 Å². The lowest BCUT2D eigenvalue weighted by molar-refractivity contribution is 0.0561. The molecule has 4 rings (SSSR count). The predicted octanol–water partition coefficient (Wildman–Crippen LogP) is -0.956. The normalized spacial score (nSPS) is 10.5. The summed E-state index contributed by atoms with van der Waals surface area (Å²) in [6, 6.07) is 4.41. The molecule has 0 atom stereocenters. The molecule has 0 unspecified atom stereocenters. The molecule has 0 fully saturated rings. The van der Waals surface area contributed by atoms with Gasteiger partial charge in [-0.3, -0.25) is 28.1 Å². The molecule has 0 aromatic carbocycles. The first-order chi connectivity index (χ1) is 24.2. The van der Waals surface area contributed by atoms with Crippen molar-refractivity contribution in [2.45, 2.75) is 0 Å². The second kappa shape index (κ2) is 14.8. The maximum Gasteiger partial charge on any atom is 0.355 e. The van der Waals surface area contributed by atoms with Gasteiger partial charge in [0.25, 0.3) is 0 Å². The predicted molar refractivity (Wildman–Crippen MR) is 165 cm³/mol. The third-order valence-corrected chi connectivity index (χ3v) is 6.69. The SMILES string of the molecule is COC(=O)c1cc(=O)cc(C(=O)OC)n1-c1nc(-n2c(C(=O)OC)cc(=O)cc2C(=O)OC)nc(-n2c(C(=O)OC)cc(=O)cc2C(=O)OC)n1. The topological polar surface area (TPSA) is 262 Å². The van der Waals surface area contributed by atoms with Gasteiger partial charge in [0.15, 0.2) is 16.3 Å². The minimum Gasteiger partial charge on any atom is -0.464 e. The number of hydrogen-bond acceptors (Lipinski definition) is 18. The van der Waals surface area contributed by atoms with Crippen LogP contribution < -0.4 is 16.3 Å². The fourth-order valence-corrected chi connectivity index (χ4v) is 4.53. The highest BCUT2D eigenvalue weighted by atomic mass is 16.5. The van der Waals surface area contributed by atoms with E-state index in [1.807, 2.05) is 0 Å². The molecule has 0 aliphatic heterocycles. The van der Waals surface area contributed by atoms with Crippen LogP contribution >= 0.6 is 0 Å². The van der Waals surface area contributed by atoms with Crippen LogP contribution in [-0.4, -0.2) is 107 Å². The van der Waals surface area contributed by atoms with Gasteiger partial charge in [-0.25, -0.2) is 28.8 Å². The number of ether oxygens (including phenoxy) is 6. The van der Waals surface area contributed by atoms with Crippen molar-refractivity contribution in [3.63, 3.8) is 0 Å². The van der Waals surface area contributed by atoms with Gasteiger partial charge in [0, 0.05) is 36.4 Å². The molecule has 4 aromatic heterocycles. The largest absolute Gasteiger partial charge is 0.464 e. The van der Waals surface area contributed by atoms with Gasteiger partial charge in [-0.1, -0.05) is 0 Å². The summed E-state index contributed by atoms with van der Waals surface area (Å²) in [7, 11) is 5.69. The van der Waals surface area contributed by atoms with Crippen molar-refractivity contribution in [2.24, 2.45) is 0 Å². The Hall–Kier alpha value is -7.32. The van der Waals surface area contributed by atoms with Gasteiger partial charge in [0.2, 0.25) is 17.8 Å². The number of pyridine rings is 3. The Kier molecular flexibility index (Phi) is 10.6. The van der Waals surface area contributed by atoms with E-state index in [0.29, 0.717) is 13.7 Å². The van der Waals surface area contributed by atoms with E-state index < -0.39 is 104 Å². The van der Waals surface area contributed by atoms with Crippen LogP contribution in [0.4, 0.5) is 0 Å². The second-order valence-corrected chi connectivity index (χ2v) is 9.58. The number of carbonyl (C=O) groups is 6. The van der Waals surface area contributed by atoms with Crippen molar-refractivity contribution in [1.29, 1.82) is 0 Å². The van der Waals surface area contributed by atoms with Crippen molar-refractivity contribution < 1.29 is 57.2 Å². The van der Waals surface area contributed by atoms with Gasteiger partial charge in [-0.05, 0) is 0 Å². The molecule has 0 amide bonds. The Morgan fingerprint density at radius 3 is 0.667 bits per heavy atom. The fourth-order valence-electron chi connectivity index (χ4n) is 4.53. The highest BCUT2D eigenvalue weighted by molar-refractivity contribution is 5.95. The average molecular weight is 709 g/mol. The highest BCUT2D eigenvalue weighted by Crippen LogP contribution is 2.21. The molecule has 0 N–H and O–H groups in total. The van der Waals surface area contributed by atoms with Crippen molar-refractivity contribution in [3.05, 3.63) is 101 Å². The summed E-state index contributed by atoms with van der Waals surface area (Å²) in [4.78, 5) is 129. The monoisotopic (exact) mass is 708 g/mol. The summed E-state index contributed by atoms with van der Waals surface area (Å²) < 4.78 is 30.7. The molecule has 0 saturated carbocycles. The van der Waals surface area contributed by atoms with E-state index in [9.17, 15) is 43.2 Å². The number of rotatable bonds is 9. The summed E-state index contributed by atoms with van der Waals surface area (Å²) in [5.74, 6) is -9.71. The number of hydrogen-bond donors (Lipinski definition) is 0. The van der Waals surface area contributed by atoms with E-state index >= 15 is 0 Å². The maximum atomic E-state index is 13.0. The van der Waals surface area contributed by atoms with Gasteiger partial charge >= 0.3 is 35.8 Å². The Labute approximate surface area is 283 Å². The fraction of sp³-hybridized carbons (Fsp3) is 0.200. The van der Waals surface area contributed by atoms with Crippen LogP contribution in [0.2, 0.25) is 0 Å². The first-order valence-electron chi connectivity index (χ1n) is 13.8. The molecule has 0 aliphatic carbocycles. The van der Waals surface area contributed by atoms with E-state index in [2.05, 4.69) is 15.0 Å². The summed E-state index contributed by atoms with van der Waals surface area (Å²) >= 11 is 0. The Balaban J connectivity index is 2.39. The van der Waals surface area contributed by atoms with Crippen molar-refractivity contribution in [3.8, 4) is 17.8 Å². The molecule has 0 spiro atoms. The third kappa shape index (κ3) is 6.97. The van der Waals surface area contributed by atoms with E-state index in [4.69, 9.17) is 28.4 Å². The Morgan fingerprint density at radius 1 is 0.373 bits per heavy atom. The Morgan fingerprint density at radius 2 is 0.529 bits per heavy atom. The van der Waals surface area contributed by atoms with Crippen LogP contribution in [-0.2, 0) is 28.4 Å². The molecule has 4 heterocycles. The zero-order chi connectivity index (χ0) is 37.7. The van der Waals surface area contributed by atoms with Gasteiger partial charge in [-0.15, -0.1) is 0 Å². The number of esters is 6. The van der Waals surface area contributed by atoms with Crippen molar-refractivity contribution >= 4 is 35.8 Å². The summed E-state index contributed by atoms with van der Waals surface area (Å²) in [5.41, 5.74) is -6.76. The lowest BCUT2D eigenvalue weighted by Gasteiger charge is -2.20. The van der Waals surface area contributed by atoms with Crippen LogP contribution in [0.15, 0.2) is 50.8 Å². The minimum atomic E-state index is -1.22. The molecule has 21 nitrogen and oxygen atoms in total. The second-order valence-electron chi connectivity index (χ2n) is 9.58. The zero-order valence-corrected chi connectivity index (χ0v) is 27.3. The van der Waals surface area contributed by atoms with Crippen LogP contribution in [0.1, 0.15) is 62.9 Å². The van der Waals surface area contributed by atoms with E-state index in [1.54, 1.807) is 0 Å². The van der Waals surface area contributed by atoms with Gasteiger partial charge in [-0.2, -0.15) is 15.0 Å². The molecular weight excluding hydrogens is 684 g/mol.